The van der Waals surface area contributed by atoms with Crippen molar-refractivity contribution in [2.75, 3.05) is 40.8 Å². The van der Waals surface area contributed by atoms with Crippen molar-refractivity contribution < 1.29 is 21.5 Å². The summed E-state index contributed by atoms with van der Waals surface area (Å²) in [5.41, 5.74) is 0. The second-order valence-corrected chi connectivity index (χ2v) is 9.72. The van der Waals surface area contributed by atoms with Crippen molar-refractivity contribution in [3.63, 3.8) is 0 Å². The van der Waals surface area contributed by atoms with Crippen molar-refractivity contribution in [2.24, 2.45) is 5.92 Å². The number of nitrogens with zero attached hydrogens (tertiary/aromatic N) is 2. The maximum absolute atomic E-state index is 2.76. The number of unbranched alkanes of at least 4 members (excludes halogenated alkanes) is 9. The molecule has 0 aromatic rings. The Bertz CT molecular complexity index is 286. The number of rotatable bonds is 17. The molecule has 0 aliphatic heterocycles. The van der Waals surface area contributed by atoms with Gasteiger partial charge in [0.05, 0.1) is 27.7 Å². The molecule has 0 aliphatic rings. The van der Waals surface area contributed by atoms with Crippen LogP contribution in [0, 0.1) is 5.92 Å². The molecule has 0 radical (unpaired) electrons. The highest BCUT2D eigenvalue weighted by Crippen LogP contribution is 2.14. The largest absolute Gasteiger partial charge is 1.00 e. The zero-order valence-electron chi connectivity index (χ0n) is 19.3. The zero-order valence-corrected chi connectivity index (χ0v) is 20.9. The van der Waals surface area contributed by atoms with Crippen LogP contribution in [0.1, 0.15) is 98.3 Å². The van der Waals surface area contributed by atoms with Crippen LogP contribution in [0.25, 0.3) is 0 Å². The van der Waals surface area contributed by atoms with Crippen LogP contribution in [0.5, 0.6) is 0 Å². The Labute approximate surface area is 177 Å². The van der Waals surface area contributed by atoms with Crippen molar-refractivity contribution in [2.45, 2.75) is 104 Å². The van der Waals surface area contributed by atoms with Crippen molar-refractivity contribution in [1.29, 1.82) is 0 Å². The number of halogens is 1. The van der Waals surface area contributed by atoms with Gasteiger partial charge in [0, 0.05) is 19.0 Å². The van der Waals surface area contributed by atoms with Crippen molar-refractivity contribution in [3.05, 3.63) is 0 Å². The van der Waals surface area contributed by atoms with E-state index in [9.17, 15) is 0 Å². The molecule has 160 valence electrons. The highest BCUT2D eigenvalue weighted by Gasteiger charge is 2.17. The highest BCUT2D eigenvalue weighted by atomic mass is 79.9. The molecule has 1 atom stereocenters. The predicted molar refractivity (Wildman–Crippen MR) is 115 cm³/mol. The minimum atomic E-state index is 0. The van der Waals surface area contributed by atoms with Gasteiger partial charge >= 0.3 is 0 Å². The SMILES string of the molecule is CCCCCCCCCCCCN(CC(C)C)C(C)CC[N+](C)(C)C.[Br-]. The zero-order chi connectivity index (χ0) is 19.1. The van der Waals surface area contributed by atoms with Crippen LogP contribution >= 0.6 is 0 Å². The van der Waals surface area contributed by atoms with Gasteiger partial charge < -0.3 is 26.4 Å². The van der Waals surface area contributed by atoms with E-state index in [2.05, 4.69) is 53.7 Å². The summed E-state index contributed by atoms with van der Waals surface area (Å²) in [6.45, 7) is 13.3. The predicted octanol–water partition coefficient (Wildman–Crippen LogP) is 3.35. The fourth-order valence-corrected chi connectivity index (χ4v) is 3.52. The third-order valence-corrected chi connectivity index (χ3v) is 5.24. The van der Waals surface area contributed by atoms with E-state index in [1.165, 1.54) is 90.3 Å². The molecular weight excluding hydrogens is 384 g/mol. The van der Waals surface area contributed by atoms with Gasteiger partial charge in [0.2, 0.25) is 0 Å². The van der Waals surface area contributed by atoms with Crippen LogP contribution in [0.4, 0.5) is 0 Å². The van der Waals surface area contributed by atoms with Crippen LogP contribution in [-0.4, -0.2) is 56.2 Å². The van der Waals surface area contributed by atoms with Gasteiger partial charge in [0.1, 0.15) is 0 Å². The standard InChI is InChI=1S/C23H51N2.BrH/c1-8-9-10-11-12-13-14-15-16-17-19-24(21-22(2)3)23(4)18-20-25(5,6)7;/h22-23H,8-21H2,1-7H3;1H/q+1;/p-1. The maximum atomic E-state index is 2.76. The van der Waals surface area contributed by atoms with Crippen molar-refractivity contribution in [1.82, 2.24) is 4.90 Å². The molecule has 0 amide bonds. The fraction of sp³-hybridized carbons (Fsp3) is 1.00. The first kappa shape index (κ1) is 28.6. The van der Waals surface area contributed by atoms with E-state index in [1.807, 2.05) is 0 Å². The lowest BCUT2D eigenvalue weighted by molar-refractivity contribution is -0.870. The minimum absolute atomic E-state index is 0. The summed E-state index contributed by atoms with van der Waals surface area (Å²) < 4.78 is 1.08. The maximum Gasteiger partial charge on any atom is 0.0795 e. The van der Waals surface area contributed by atoms with Crippen LogP contribution in [0.3, 0.4) is 0 Å². The van der Waals surface area contributed by atoms with Crippen LogP contribution in [0.15, 0.2) is 0 Å². The number of hydrogen-bond acceptors (Lipinski definition) is 1. The topological polar surface area (TPSA) is 3.24 Å². The Morgan fingerprint density at radius 2 is 1.19 bits per heavy atom. The molecule has 0 bridgehead atoms. The minimum Gasteiger partial charge on any atom is -1.00 e. The Morgan fingerprint density at radius 1 is 0.731 bits per heavy atom. The van der Waals surface area contributed by atoms with Gasteiger partial charge in [-0.05, 0) is 25.8 Å². The molecule has 0 fully saturated rings. The summed E-state index contributed by atoms with van der Waals surface area (Å²) in [6.07, 6.45) is 15.6. The molecule has 1 unspecified atom stereocenters. The molecule has 26 heavy (non-hydrogen) atoms. The molecule has 2 nitrogen and oxygen atoms in total. The summed E-state index contributed by atoms with van der Waals surface area (Å²) >= 11 is 0. The summed E-state index contributed by atoms with van der Waals surface area (Å²) in [5, 5.41) is 0. The first-order chi connectivity index (χ1) is 11.8. The van der Waals surface area contributed by atoms with E-state index in [0.717, 1.165) is 16.4 Å². The van der Waals surface area contributed by atoms with Gasteiger partial charge in [0.25, 0.3) is 0 Å². The van der Waals surface area contributed by atoms with E-state index in [0.29, 0.717) is 0 Å². The van der Waals surface area contributed by atoms with Crippen molar-refractivity contribution in [3.8, 4) is 0 Å². The lowest BCUT2D eigenvalue weighted by Gasteiger charge is -2.33. The summed E-state index contributed by atoms with van der Waals surface area (Å²) in [5.74, 6) is 0.773. The highest BCUT2D eigenvalue weighted by molar-refractivity contribution is 4.69. The Hall–Kier alpha value is 0.400. The van der Waals surface area contributed by atoms with Crippen LogP contribution in [-0.2, 0) is 0 Å². The third kappa shape index (κ3) is 19.2. The smallest absolute Gasteiger partial charge is 0.0795 e. The molecular formula is C23H51BrN2. The molecule has 0 heterocycles. The van der Waals surface area contributed by atoms with Gasteiger partial charge in [-0.15, -0.1) is 0 Å². The third-order valence-electron chi connectivity index (χ3n) is 5.24. The van der Waals surface area contributed by atoms with Crippen LogP contribution < -0.4 is 17.0 Å². The number of hydrogen-bond donors (Lipinski definition) is 0. The Morgan fingerprint density at radius 3 is 1.62 bits per heavy atom. The summed E-state index contributed by atoms with van der Waals surface area (Å²) in [4.78, 5) is 2.76. The monoisotopic (exact) mass is 434 g/mol. The lowest BCUT2D eigenvalue weighted by Crippen LogP contribution is -3.00. The summed E-state index contributed by atoms with van der Waals surface area (Å²) in [7, 11) is 6.92. The van der Waals surface area contributed by atoms with Gasteiger partial charge in [-0.2, -0.15) is 0 Å². The Kier molecular flexibility index (Phi) is 19.3. The number of quaternary nitrogens is 1. The first-order valence-corrected chi connectivity index (χ1v) is 11.3. The molecule has 0 rings (SSSR count). The molecule has 0 spiro atoms. The van der Waals surface area contributed by atoms with E-state index >= 15 is 0 Å². The average Bonchev–Trinajstić information content (AvgIpc) is 2.52. The molecule has 0 aromatic carbocycles. The van der Waals surface area contributed by atoms with Gasteiger partial charge in [-0.25, -0.2) is 0 Å². The average molecular weight is 436 g/mol. The first-order valence-electron chi connectivity index (χ1n) is 11.3. The molecule has 0 N–H and O–H groups in total. The second kappa shape index (κ2) is 17.5. The fourth-order valence-electron chi connectivity index (χ4n) is 3.52. The second-order valence-electron chi connectivity index (χ2n) is 9.72. The van der Waals surface area contributed by atoms with Crippen molar-refractivity contribution >= 4 is 0 Å². The normalized spacial score (nSPS) is 13.3. The summed E-state index contributed by atoms with van der Waals surface area (Å²) in [6, 6.07) is 0.721. The Balaban J connectivity index is 0. The van der Waals surface area contributed by atoms with E-state index in [1.54, 1.807) is 0 Å². The molecule has 0 saturated heterocycles. The molecule has 0 aromatic heterocycles. The molecule has 0 saturated carbocycles. The van der Waals surface area contributed by atoms with Gasteiger partial charge in [-0.1, -0.05) is 78.6 Å². The quantitative estimate of drug-likeness (QED) is 0.250. The van der Waals surface area contributed by atoms with Gasteiger partial charge in [0.15, 0.2) is 0 Å². The van der Waals surface area contributed by atoms with Gasteiger partial charge in [-0.3, -0.25) is 0 Å². The van der Waals surface area contributed by atoms with E-state index < -0.39 is 0 Å². The lowest BCUT2D eigenvalue weighted by atomic mass is 10.1. The van der Waals surface area contributed by atoms with Crippen LogP contribution in [0.2, 0.25) is 0 Å². The molecule has 3 heteroatoms. The van der Waals surface area contributed by atoms with E-state index in [4.69, 9.17) is 0 Å². The molecule has 0 aliphatic carbocycles. The van der Waals surface area contributed by atoms with E-state index in [-0.39, 0.29) is 17.0 Å².